The molecule has 10 nitrogen and oxygen atoms in total. The van der Waals surface area contributed by atoms with Crippen molar-refractivity contribution >= 4 is 28.6 Å². The summed E-state index contributed by atoms with van der Waals surface area (Å²) < 4.78 is 5.72. The van der Waals surface area contributed by atoms with E-state index in [0.717, 1.165) is 4.90 Å². The fraction of sp³-hybridized carbons (Fsp3) is 0.0625. The van der Waals surface area contributed by atoms with Gasteiger partial charge in [-0.1, -0.05) is 12.1 Å². The van der Waals surface area contributed by atoms with Gasteiger partial charge in [0.25, 0.3) is 5.91 Å². The van der Waals surface area contributed by atoms with Gasteiger partial charge in [0, 0.05) is 18.5 Å². The maximum atomic E-state index is 12.3. The second kappa shape index (κ2) is 6.51. The summed E-state index contributed by atoms with van der Waals surface area (Å²) in [5.41, 5.74) is 6.09. The second-order valence-electron chi connectivity index (χ2n) is 5.36. The highest BCUT2D eigenvalue weighted by Gasteiger charge is 2.18. The van der Waals surface area contributed by atoms with Crippen molar-refractivity contribution in [3.63, 3.8) is 0 Å². The van der Waals surface area contributed by atoms with Crippen molar-refractivity contribution in [1.29, 1.82) is 5.41 Å². The third-order valence-corrected chi connectivity index (χ3v) is 3.65. The number of guanidine groups is 1. The summed E-state index contributed by atoms with van der Waals surface area (Å²) in [4.78, 5) is 30.1. The van der Waals surface area contributed by atoms with Gasteiger partial charge in [-0.3, -0.25) is 15.1 Å². The van der Waals surface area contributed by atoms with Gasteiger partial charge in [0.2, 0.25) is 0 Å². The summed E-state index contributed by atoms with van der Waals surface area (Å²) in [6.07, 6.45) is 1.28. The fourth-order valence-corrected chi connectivity index (χ4v) is 2.31. The number of rotatable bonds is 4. The Morgan fingerprint density at radius 3 is 2.85 bits per heavy atom. The number of nitrogens with zero attached hydrogens (tertiary/aromatic N) is 3. The zero-order chi connectivity index (χ0) is 18.8. The van der Waals surface area contributed by atoms with E-state index in [9.17, 15) is 14.9 Å². The molecule has 0 aliphatic carbocycles. The summed E-state index contributed by atoms with van der Waals surface area (Å²) in [6, 6.07) is 9.47. The van der Waals surface area contributed by atoms with Crippen LogP contribution < -0.4 is 10.5 Å². The molecule has 1 aromatic carbocycles. The standard InChI is InChI=1S/C16H14N6O4/c1-21(16(17)18)15(23)11-7-9-3-2-4-12(14(9)20-11)26-10-5-6-19-13(8-10)22(24)25/h2-8,20H,1H3,(H3,17,18). The van der Waals surface area contributed by atoms with E-state index in [4.69, 9.17) is 15.9 Å². The Morgan fingerprint density at radius 1 is 1.38 bits per heavy atom. The largest absolute Gasteiger partial charge is 0.455 e. The molecular formula is C16H14N6O4. The van der Waals surface area contributed by atoms with E-state index >= 15 is 0 Å². The topological polar surface area (TPSA) is 151 Å². The maximum Gasteiger partial charge on any atom is 0.367 e. The van der Waals surface area contributed by atoms with E-state index in [1.165, 1.54) is 25.4 Å². The Labute approximate surface area is 146 Å². The van der Waals surface area contributed by atoms with E-state index in [1.807, 2.05) is 0 Å². The number of hydrogen-bond donors (Lipinski definition) is 3. The molecule has 0 saturated carbocycles. The van der Waals surface area contributed by atoms with Crippen LogP contribution in [0, 0.1) is 15.5 Å². The van der Waals surface area contributed by atoms with Crippen molar-refractivity contribution in [2.45, 2.75) is 0 Å². The molecule has 132 valence electrons. The molecule has 2 heterocycles. The smallest absolute Gasteiger partial charge is 0.367 e. The first kappa shape index (κ1) is 16.9. The number of benzene rings is 1. The SMILES string of the molecule is CN(C(=N)N)C(=O)c1cc2cccc(Oc3ccnc([N+](=O)[O-])c3)c2[nH]1. The number of carbonyl (C=O) groups is 1. The third kappa shape index (κ3) is 3.15. The first-order chi connectivity index (χ1) is 12.4. The number of nitrogens with two attached hydrogens (primary N) is 1. The van der Waals surface area contributed by atoms with E-state index < -0.39 is 10.8 Å². The number of fused-ring (bicyclic) bond motifs is 1. The average Bonchev–Trinajstić information content (AvgIpc) is 3.06. The predicted molar refractivity (Wildman–Crippen MR) is 93.3 cm³/mol. The lowest BCUT2D eigenvalue weighted by Crippen LogP contribution is -2.38. The molecule has 3 rings (SSSR count). The van der Waals surface area contributed by atoms with Gasteiger partial charge in [-0.25, -0.2) is 0 Å². The molecule has 0 spiro atoms. The van der Waals surface area contributed by atoms with Gasteiger partial charge in [-0.05, 0) is 22.0 Å². The van der Waals surface area contributed by atoms with Gasteiger partial charge in [0.1, 0.15) is 17.6 Å². The molecule has 0 fully saturated rings. The van der Waals surface area contributed by atoms with Crippen LogP contribution in [-0.4, -0.2) is 38.7 Å². The van der Waals surface area contributed by atoms with Crippen molar-refractivity contribution in [2.24, 2.45) is 5.73 Å². The number of nitro groups is 1. The lowest BCUT2D eigenvalue weighted by molar-refractivity contribution is -0.389. The van der Waals surface area contributed by atoms with Gasteiger partial charge < -0.3 is 25.6 Å². The molecular weight excluding hydrogens is 340 g/mol. The van der Waals surface area contributed by atoms with Gasteiger partial charge in [0.15, 0.2) is 11.7 Å². The molecule has 10 heteroatoms. The molecule has 1 amide bonds. The molecule has 0 unspecified atom stereocenters. The van der Waals surface area contributed by atoms with Crippen LogP contribution in [0.15, 0.2) is 42.6 Å². The maximum absolute atomic E-state index is 12.3. The van der Waals surface area contributed by atoms with Crippen molar-refractivity contribution in [2.75, 3.05) is 7.05 Å². The Hall–Kier alpha value is -3.95. The van der Waals surface area contributed by atoms with Crippen LogP contribution in [0.1, 0.15) is 10.5 Å². The van der Waals surface area contributed by atoms with Crippen molar-refractivity contribution in [1.82, 2.24) is 14.9 Å². The first-order valence-electron chi connectivity index (χ1n) is 7.39. The van der Waals surface area contributed by atoms with Crippen LogP contribution in [0.4, 0.5) is 5.82 Å². The molecule has 0 aliphatic rings. The summed E-state index contributed by atoms with van der Waals surface area (Å²) >= 11 is 0. The van der Waals surface area contributed by atoms with Crippen LogP contribution in [0.5, 0.6) is 11.5 Å². The minimum absolute atomic E-state index is 0.231. The van der Waals surface area contributed by atoms with E-state index in [0.29, 0.717) is 16.7 Å². The Bertz CT molecular complexity index is 1030. The van der Waals surface area contributed by atoms with Gasteiger partial charge in [-0.15, -0.1) is 0 Å². The van der Waals surface area contributed by atoms with Crippen LogP contribution in [0.3, 0.4) is 0 Å². The first-order valence-corrected chi connectivity index (χ1v) is 7.39. The quantitative estimate of drug-likeness (QED) is 0.283. The van der Waals surface area contributed by atoms with Crippen molar-refractivity contribution in [3.8, 4) is 11.5 Å². The van der Waals surface area contributed by atoms with Crippen LogP contribution in [0.25, 0.3) is 10.9 Å². The molecule has 0 radical (unpaired) electrons. The number of hydrogen-bond acceptors (Lipinski definition) is 6. The lowest BCUT2D eigenvalue weighted by Gasteiger charge is -2.12. The van der Waals surface area contributed by atoms with E-state index in [-0.39, 0.29) is 23.2 Å². The Balaban J connectivity index is 1.97. The van der Waals surface area contributed by atoms with Gasteiger partial charge in [-0.2, -0.15) is 0 Å². The number of amides is 1. The summed E-state index contributed by atoms with van der Waals surface area (Å²) in [5, 5.41) is 18.9. The fourth-order valence-electron chi connectivity index (χ4n) is 2.31. The number of H-pyrrole nitrogens is 1. The minimum atomic E-state index is -0.615. The third-order valence-electron chi connectivity index (χ3n) is 3.65. The number of pyridine rings is 1. The van der Waals surface area contributed by atoms with Crippen LogP contribution >= 0.6 is 0 Å². The van der Waals surface area contributed by atoms with Crippen LogP contribution in [-0.2, 0) is 0 Å². The summed E-state index contributed by atoms with van der Waals surface area (Å²) in [5.74, 6) is -0.566. The van der Waals surface area contributed by atoms with Crippen molar-refractivity contribution in [3.05, 3.63) is 58.4 Å². The molecule has 26 heavy (non-hydrogen) atoms. The summed E-state index contributed by atoms with van der Waals surface area (Å²) in [7, 11) is 1.39. The molecule has 4 N–H and O–H groups in total. The molecule has 0 aliphatic heterocycles. The highest BCUT2D eigenvalue weighted by atomic mass is 16.6. The van der Waals surface area contributed by atoms with Crippen molar-refractivity contribution < 1.29 is 14.5 Å². The van der Waals surface area contributed by atoms with E-state index in [1.54, 1.807) is 24.3 Å². The number of nitrogens with one attached hydrogen (secondary N) is 2. The van der Waals surface area contributed by atoms with Gasteiger partial charge >= 0.3 is 5.82 Å². The number of para-hydroxylation sites is 1. The number of aromatic amines is 1. The minimum Gasteiger partial charge on any atom is -0.455 e. The number of carbonyl (C=O) groups excluding carboxylic acids is 1. The predicted octanol–water partition coefficient (Wildman–Crippen LogP) is 2.23. The molecule has 0 bridgehead atoms. The summed E-state index contributed by atoms with van der Waals surface area (Å²) in [6.45, 7) is 0. The van der Waals surface area contributed by atoms with E-state index in [2.05, 4.69) is 9.97 Å². The zero-order valence-electron chi connectivity index (χ0n) is 13.6. The monoisotopic (exact) mass is 354 g/mol. The second-order valence-corrected chi connectivity index (χ2v) is 5.36. The Morgan fingerprint density at radius 2 is 2.15 bits per heavy atom. The Kier molecular flexibility index (Phi) is 4.23. The molecule has 0 saturated heterocycles. The van der Waals surface area contributed by atoms with Crippen LogP contribution in [0.2, 0.25) is 0 Å². The molecule has 3 aromatic rings. The molecule has 0 atom stereocenters. The number of ether oxygens (including phenoxy) is 1. The average molecular weight is 354 g/mol. The lowest BCUT2D eigenvalue weighted by atomic mass is 10.2. The normalized spacial score (nSPS) is 10.5. The molecule has 2 aromatic heterocycles. The highest BCUT2D eigenvalue weighted by molar-refractivity contribution is 6.06. The zero-order valence-corrected chi connectivity index (χ0v) is 13.6. The number of aromatic nitrogens is 2. The highest BCUT2D eigenvalue weighted by Crippen LogP contribution is 2.31. The van der Waals surface area contributed by atoms with Gasteiger partial charge in [0.05, 0.1) is 11.6 Å².